The minimum atomic E-state index is -0.449. The number of morpholine rings is 1. The van der Waals surface area contributed by atoms with Gasteiger partial charge in [-0.15, -0.1) is 0 Å². The van der Waals surface area contributed by atoms with Gasteiger partial charge in [-0.1, -0.05) is 12.1 Å². The third kappa shape index (κ3) is 3.23. The van der Waals surface area contributed by atoms with Crippen molar-refractivity contribution in [1.29, 1.82) is 0 Å². The molecule has 0 amide bonds. The first kappa shape index (κ1) is 17.8. The van der Waals surface area contributed by atoms with Crippen molar-refractivity contribution in [3.63, 3.8) is 0 Å². The Labute approximate surface area is 169 Å². The molecule has 4 heterocycles. The van der Waals surface area contributed by atoms with Gasteiger partial charge in [-0.3, -0.25) is 9.67 Å². The topological polar surface area (TPSA) is 69.0 Å². The highest BCUT2D eigenvalue weighted by Crippen LogP contribution is 2.34. The zero-order chi connectivity index (χ0) is 19.8. The van der Waals surface area contributed by atoms with Crippen LogP contribution in [0.3, 0.4) is 0 Å². The number of pyridine rings is 1. The fraction of sp³-hybridized carbons (Fsp3) is 0.273. The van der Waals surface area contributed by atoms with Gasteiger partial charge in [-0.25, -0.2) is 9.97 Å². The molecule has 146 valence electrons. The largest absolute Gasteiger partial charge is 0.367 e. The number of para-hydroxylation sites is 1. The summed E-state index contributed by atoms with van der Waals surface area (Å²) >= 11 is 0. The summed E-state index contributed by atoms with van der Waals surface area (Å²) in [7, 11) is 1.92. The van der Waals surface area contributed by atoms with Gasteiger partial charge in [0.15, 0.2) is 5.82 Å². The van der Waals surface area contributed by atoms with E-state index in [1.807, 2.05) is 54.5 Å². The highest BCUT2D eigenvalue weighted by atomic mass is 16.5. The van der Waals surface area contributed by atoms with Gasteiger partial charge in [0.1, 0.15) is 11.4 Å². The highest BCUT2D eigenvalue weighted by Gasteiger charge is 2.36. The number of aryl methyl sites for hydroxylation is 1. The number of aromatic nitrogens is 5. The van der Waals surface area contributed by atoms with Gasteiger partial charge >= 0.3 is 0 Å². The molecule has 0 N–H and O–H groups in total. The van der Waals surface area contributed by atoms with Crippen LogP contribution in [-0.4, -0.2) is 44.4 Å². The van der Waals surface area contributed by atoms with Crippen molar-refractivity contribution >= 4 is 16.7 Å². The molecule has 0 spiro atoms. The lowest BCUT2D eigenvalue weighted by Crippen LogP contribution is -2.48. The summed E-state index contributed by atoms with van der Waals surface area (Å²) in [6, 6.07) is 12.0. The second kappa shape index (κ2) is 6.93. The van der Waals surface area contributed by atoms with Crippen molar-refractivity contribution < 1.29 is 4.74 Å². The average molecular weight is 386 g/mol. The monoisotopic (exact) mass is 386 g/mol. The van der Waals surface area contributed by atoms with Crippen LogP contribution in [0, 0.1) is 0 Å². The van der Waals surface area contributed by atoms with Crippen LogP contribution >= 0.6 is 0 Å². The van der Waals surface area contributed by atoms with Crippen molar-refractivity contribution in [2.45, 2.75) is 12.5 Å². The Hall–Kier alpha value is -3.32. The molecule has 3 aromatic heterocycles. The third-order valence-corrected chi connectivity index (χ3v) is 5.41. The lowest BCUT2D eigenvalue weighted by molar-refractivity contribution is -0.0467. The molecule has 0 aliphatic carbocycles. The number of hydrogen-bond donors (Lipinski definition) is 0. The van der Waals surface area contributed by atoms with Crippen LogP contribution in [0.5, 0.6) is 0 Å². The molecule has 1 fully saturated rings. The number of rotatable bonds is 3. The Morgan fingerprint density at radius 3 is 2.69 bits per heavy atom. The van der Waals surface area contributed by atoms with Crippen molar-refractivity contribution in [3.05, 3.63) is 66.7 Å². The average Bonchev–Trinajstić information content (AvgIpc) is 3.21. The molecule has 5 rings (SSSR count). The normalized spacial score (nSPS) is 19.6. The molecule has 7 heteroatoms. The van der Waals surface area contributed by atoms with E-state index in [4.69, 9.17) is 14.7 Å². The van der Waals surface area contributed by atoms with Crippen LogP contribution in [-0.2, 0) is 17.4 Å². The molecule has 0 saturated carbocycles. The molecule has 1 aliphatic rings. The molecule has 1 atom stereocenters. The lowest BCUT2D eigenvalue weighted by atomic mass is 9.96. The molecule has 1 aromatic carbocycles. The molecule has 1 saturated heterocycles. The predicted molar refractivity (Wildman–Crippen MR) is 111 cm³/mol. The quantitative estimate of drug-likeness (QED) is 0.539. The van der Waals surface area contributed by atoms with Gasteiger partial charge in [0.2, 0.25) is 0 Å². The maximum Gasteiger partial charge on any atom is 0.162 e. The van der Waals surface area contributed by atoms with Crippen molar-refractivity contribution in [1.82, 2.24) is 24.7 Å². The lowest BCUT2D eigenvalue weighted by Gasteiger charge is -2.41. The Balaban J connectivity index is 1.60. The van der Waals surface area contributed by atoms with Crippen LogP contribution < -0.4 is 4.90 Å². The Kier molecular flexibility index (Phi) is 4.24. The molecule has 0 radical (unpaired) electrons. The zero-order valence-electron chi connectivity index (χ0n) is 16.5. The summed E-state index contributed by atoms with van der Waals surface area (Å²) in [6.07, 6.45) is 7.43. The standard InChI is InChI=1S/C22H22N6O/c1-22(17-13-24-27(2)14-17)15-28(11-12-29-22)21-18-5-3-4-6-19(18)25-20(26-21)16-7-9-23-10-8-16/h3-10,13-14H,11-12,15H2,1-2H3. The number of benzene rings is 1. The molecular weight excluding hydrogens is 364 g/mol. The van der Waals surface area contributed by atoms with Crippen LogP contribution in [0.1, 0.15) is 12.5 Å². The van der Waals surface area contributed by atoms with E-state index in [1.54, 1.807) is 12.4 Å². The Morgan fingerprint density at radius 2 is 1.90 bits per heavy atom. The number of fused-ring (bicyclic) bond motifs is 1. The van der Waals surface area contributed by atoms with E-state index in [1.165, 1.54) is 0 Å². The Bertz CT molecular complexity index is 1160. The van der Waals surface area contributed by atoms with E-state index in [0.717, 1.165) is 34.4 Å². The Morgan fingerprint density at radius 1 is 1.07 bits per heavy atom. The number of ether oxygens (including phenoxy) is 1. The third-order valence-electron chi connectivity index (χ3n) is 5.41. The minimum Gasteiger partial charge on any atom is -0.367 e. The van der Waals surface area contributed by atoms with Gasteiger partial charge in [-0.05, 0) is 31.2 Å². The second-order valence-electron chi connectivity index (χ2n) is 7.53. The van der Waals surface area contributed by atoms with Crippen molar-refractivity contribution in [2.24, 2.45) is 7.05 Å². The van der Waals surface area contributed by atoms with Gasteiger partial charge in [0, 0.05) is 48.7 Å². The van der Waals surface area contributed by atoms with Crippen LogP contribution in [0.25, 0.3) is 22.3 Å². The summed E-state index contributed by atoms with van der Waals surface area (Å²) in [6.45, 7) is 4.19. The van der Waals surface area contributed by atoms with Crippen LogP contribution in [0.15, 0.2) is 61.2 Å². The van der Waals surface area contributed by atoms with E-state index >= 15 is 0 Å². The predicted octanol–water partition coefficient (Wildman–Crippen LogP) is 3.18. The first-order valence-corrected chi connectivity index (χ1v) is 9.68. The van der Waals surface area contributed by atoms with E-state index in [9.17, 15) is 0 Å². The smallest absolute Gasteiger partial charge is 0.162 e. The fourth-order valence-corrected chi connectivity index (χ4v) is 3.85. The number of anilines is 1. The van der Waals surface area contributed by atoms with Crippen molar-refractivity contribution in [3.8, 4) is 11.4 Å². The summed E-state index contributed by atoms with van der Waals surface area (Å²) < 4.78 is 8.01. The van der Waals surface area contributed by atoms with E-state index in [2.05, 4.69) is 28.0 Å². The van der Waals surface area contributed by atoms with Crippen molar-refractivity contribution in [2.75, 3.05) is 24.6 Å². The molecule has 1 aliphatic heterocycles. The SMILES string of the molecule is Cn1cc(C2(C)CN(c3nc(-c4ccncc4)nc4ccccc34)CCO2)cn1. The second-order valence-corrected chi connectivity index (χ2v) is 7.53. The fourth-order valence-electron chi connectivity index (χ4n) is 3.85. The molecular formula is C22H22N6O. The maximum atomic E-state index is 6.20. The molecule has 1 unspecified atom stereocenters. The van der Waals surface area contributed by atoms with Gasteiger partial charge in [0.25, 0.3) is 0 Å². The molecule has 4 aromatic rings. The van der Waals surface area contributed by atoms with Gasteiger partial charge < -0.3 is 9.64 Å². The van der Waals surface area contributed by atoms with Gasteiger partial charge in [0.05, 0.1) is 24.9 Å². The molecule has 7 nitrogen and oxygen atoms in total. The zero-order valence-corrected chi connectivity index (χ0v) is 16.5. The van der Waals surface area contributed by atoms with E-state index < -0.39 is 5.60 Å². The first-order chi connectivity index (χ1) is 14.1. The highest BCUT2D eigenvalue weighted by molar-refractivity contribution is 5.91. The van der Waals surface area contributed by atoms with E-state index in [-0.39, 0.29) is 0 Å². The summed E-state index contributed by atoms with van der Waals surface area (Å²) in [4.78, 5) is 16.2. The van der Waals surface area contributed by atoms with Crippen LogP contribution in [0.4, 0.5) is 5.82 Å². The number of nitrogens with zero attached hydrogens (tertiary/aromatic N) is 6. The van der Waals surface area contributed by atoms with Gasteiger partial charge in [-0.2, -0.15) is 5.10 Å². The van der Waals surface area contributed by atoms with Crippen LogP contribution in [0.2, 0.25) is 0 Å². The molecule has 0 bridgehead atoms. The first-order valence-electron chi connectivity index (χ1n) is 9.68. The molecule has 29 heavy (non-hydrogen) atoms. The maximum absolute atomic E-state index is 6.20. The van der Waals surface area contributed by atoms with E-state index in [0.29, 0.717) is 19.0 Å². The summed E-state index contributed by atoms with van der Waals surface area (Å²) in [5.41, 5.74) is 2.50. The number of hydrogen-bond acceptors (Lipinski definition) is 6. The summed E-state index contributed by atoms with van der Waals surface area (Å²) in [5.74, 6) is 1.64. The minimum absolute atomic E-state index is 0.449. The summed E-state index contributed by atoms with van der Waals surface area (Å²) in [5, 5.41) is 5.37.